The molecule has 0 bridgehead atoms. The van der Waals surface area contributed by atoms with Gasteiger partial charge < -0.3 is 10.1 Å². The van der Waals surface area contributed by atoms with Crippen LogP contribution < -0.4 is 5.32 Å². The first-order valence-electron chi connectivity index (χ1n) is 8.66. The molecule has 1 atom stereocenters. The van der Waals surface area contributed by atoms with Crippen molar-refractivity contribution in [3.05, 3.63) is 48.0 Å². The molecule has 1 amide bonds. The van der Waals surface area contributed by atoms with Crippen LogP contribution in [0.3, 0.4) is 0 Å². The second-order valence-corrected chi connectivity index (χ2v) is 6.57. The van der Waals surface area contributed by atoms with Gasteiger partial charge in [-0.3, -0.25) is 9.69 Å². The topological polar surface area (TPSA) is 72.3 Å². The Labute approximate surface area is 148 Å². The first-order chi connectivity index (χ1) is 12.1. The van der Waals surface area contributed by atoms with Crippen LogP contribution in [0, 0.1) is 0 Å². The summed E-state index contributed by atoms with van der Waals surface area (Å²) in [4.78, 5) is 18.6. The molecular weight excluding hydrogens is 318 g/mol. The molecule has 0 aliphatic carbocycles. The van der Waals surface area contributed by atoms with Gasteiger partial charge >= 0.3 is 0 Å². The lowest BCUT2D eigenvalue weighted by Gasteiger charge is -2.33. The lowest BCUT2D eigenvalue weighted by molar-refractivity contribution is -0.125. The number of carbonyl (C=O) groups is 1. The van der Waals surface area contributed by atoms with Crippen molar-refractivity contribution in [1.29, 1.82) is 0 Å². The molecule has 7 nitrogen and oxygen atoms in total. The largest absolute Gasteiger partial charge is 0.378 e. The van der Waals surface area contributed by atoms with Crippen molar-refractivity contribution in [1.82, 2.24) is 25.0 Å². The Hall–Kier alpha value is -2.25. The quantitative estimate of drug-likeness (QED) is 0.854. The lowest BCUT2D eigenvalue weighted by Crippen LogP contribution is -2.46. The van der Waals surface area contributed by atoms with E-state index in [-0.39, 0.29) is 18.0 Å². The maximum atomic E-state index is 12.1. The van der Waals surface area contributed by atoms with Gasteiger partial charge in [0.1, 0.15) is 6.33 Å². The summed E-state index contributed by atoms with van der Waals surface area (Å²) in [5.41, 5.74) is 1.17. The molecule has 134 valence electrons. The molecule has 1 N–H and O–H groups in total. The molecule has 1 saturated heterocycles. The summed E-state index contributed by atoms with van der Waals surface area (Å²) < 4.78 is 7.42. The number of ether oxygens (including phenoxy) is 1. The van der Waals surface area contributed by atoms with Crippen molar-refractivity contribution < 1.29 is 9.53 Å². The zero-order valence-corrected chi connectivity index (χ0v) is 14.8. The van der Waals surface area contributed by atoms with Gasteiger partial charge in [0.05, 0.1) is 32.3 Å². The average Bonchev–Trinajstić information content (AvgIpc) is 3.04. The van der Waals surface area contributed by atoms with Gasteiger partial charge in [0.15, 0.2) is 5.82 Å². The number of aromatic nitrogens is 3. The molecule has 2 aromatic rings. The normalized spacial score (nSPS) is 18.4. The zero-order chi connectivity index (χ0) is 17.6. The number of amides is 1. The van der Waals surface area contributed by atoms with Crippen LogP contribution in [0.4, 0.5) is 0 Å². The highest BCUT2D eigenvalue weighted by molar-refractivity contribution is 5.78. The summed E-state index contributed by atoms with van der Waals surface area (Å²) in [7, 11) is 0. The minimum atomic E-state index is -0.0938. The Bertz CT molecular complexity index is 686. The highest BCUT2D eigenvalue weighted by Crippen LogP contribution is 2.20. The predicted octanol–water partition coefficient (Wildman–Crippen LogP) is 1.22. The van der Waals surface area contributed by atoms with Gasteiger partial charge in [0.2, 0.25) is 5.91 Å². The van der Waals surface area contributed by atoms with Crippen LogP contribution in [0.1, 0.15) is 31.3 Å². The second kappa shape index (κ2) is 8.22. The van der Waals surface area contributed by atoms with E-state index >= 15 is 0 Å². The number of nitrogens with one attached hydrogen (secondary N) is 1. The van der Waals surface area contributed by atoms with Crippen LogP contribution in [0.25, 0.3) is 0 Å². The molecule has 1 aliphatic heterocycles. The first-order valence-corrected chi connectivity index (χ1v) is 8.66. The maximum absolute atomic E-state index is 12.1. The van der Waals surface area contributed by atoms with Gasteiger partial charge in [-0.1, -0.05) is 30.3 Å². The molecule has 0 spiro atoms. The van der Waals surface area contributed by atoms with Crippen molar-refractivity contribution in [3.63, 3.8) is 0 Å². The molecule has 7 heteroatoms. The Morgan fingerprint density at radius 1 is 1.36 bits per heavy atom. The van der Waals surface area contributed by atoms with Crippen LogP contribution >= 0.6 is 0 Å². The summed E-state index contributed by atoms with van der Waals surface area (Å²) in [6, 6.07) is 10.2. The van der Waals surface area contributed by atoms with Crippen LogP contribution in [-0.2, 0) is 16.1 Å². The van der Waals surface area contributed by atoms with Crippen molar-refractivity contribution in [2.24, 2.45) is 0 Å². The fourth-order valence-electron chi connectivity index (χ4n) is 2.93. The summed E-state index contributed by atoms with van der Waals surface area (Å²) in [6.45, 7) is 6.75. The van der Waals surface area contributed by atoms with Crippen LogP contribution in [-0.4, -0.2) is 57.9 Å². The second-order valence-electron chi connectivity index (χ2n) is 6.57. The van der Waals surface area contributed by atoms with Gasteiger partial charge in [-0.25, -0.2) is 9.67 Å². The van der Waals surface area contributed by atoms with Gasteiger partial charge in [0, 0.05) is 12.6 Å². The van der Waals surface area contributed by atoms with E-state index in [4.69, 9.17) is 4.74 Å². The van der Waals surface area contributed by atoms with Gasteiger partial charge in [0.25, 0.3) is 0 Å². The van der Waals surface area contributed by atoms with Crippen molar-refractivity contribution >= 4 is 5.91 Å². The zero-order valence-electron chi connectivity index (χ0n) is 14.8. The molecule has 0 saturated carbocycles. The number of benzene rings is 1. The van der Waals surface area contributed by atoms with Gasteiger partial charge in [-0.15, -0.1) is 0 Å². The minimum Gasteiger partial charge on any atom is -0.378 e. The molecule has 1 aromatic heterocycles. The van der Waals surface area contributed by atoms with E-state index in [2.05, 4.69) is 32.4 Å². The van der Waals surface area contributed by atoms with E-state index in [0.717, 1.165) is 0 Å². The Balaban J connectivity index is 1.67. The predicted molar refractivity (Wildman–Crippen MR) is 94.0 cm³/mol. The number of hydrogen-bond acceptors (Lipinski definition) is 5. The van der Waals surface area contributed by atoms with Gasteiger partial charge in [-0.2, -0.15) is 5.10 Å². The molecule has 2 heterocycles. The smallest absolute Gasteiger partial charge is 0.234 e. The molecular formula is C18H25N5O2. The molecule has 0 unspecified atom stereocenters. The lowest BCUT2D eigenvalue weighted by atomic mass is 10.2. The van der Waals surface area contributed by atoms with Crippen molar-refractivity contribution in [3.8, 4) is 0 Å². The first kappa shape index (κ1) is 17.6. The Morgan fingerprint density at radius 2 is 2.16 bits per heavy atom. The number of hydrogen-bond donors (Lipinski definition) is 1. The number of nitrogens with zero attached hydrogens (tertiary/aromatic N) is 4. The highest BCUT2D eigenvalue weighted by Gasteiger charge is 2.29. The van der Waals surface area contributed by atoms with E-state index in [1.54, 1.807) is 6.33 Å². The van der Waals surface area contributed by atoms with E-state index in [9.17, 15) is 4.79 Å². The third-order valence-corrected chi connectivity index (χ3v) is 4.08. The Morgan fingerprint density at radius 3 is 2.92 bits per heavy atom. The fourth-order valence-corrected chi connectivity index (χ4v) is 2.93. The molecule has 1 aromatic carbocycles. The maximum Gasteiger partial charge on any atom is 0.234 e. The fraction of sp³-hybridized carbons (Fsp3) is 0.500. The SMILES string of the molecule is CC(C)NC(=O)CN1CCOC[C@@H]1c1ncn(Cc2ccccc2)n1. The van der Waals surface area contributed by atoms with E-state index in [1.165, 1.54) is 5.56 Å². The van der Waals surface area contributed by atoms with Crippen molar-refractivity contribution in [2.75, 3.05) is 26.3 Å². The Kier molecular flexibility index (Phi) is 5.78. The summed E-state index contributed by atoms with van der Waals surface area (Å²) >= 11 is 0. The molecule has 1 fully saturated rings. The van der Waals surface area contributed by atoms with E-state index < -0.39 is 0 Å². The van der Waals surface area contributed by atoms with Crippen LogP contribution in [0.15, 0.2) is 36.7 Å². The molecule has 1 aliphatic rings. The van der Waals surface area contributed by atoms with Crippen molar-refractivity contribution in [2.45, 2.75) is 32.5 Å². The average molecular weight is 343 g/mol. The summed E-state index contributed by atoms with van der Waals surface area (Å²) in [5, 5.41) is 7.53. The summed E-state index contributed by atoms with van der Waals surface area (Å²) in [5.74, 6) is 0.721. The molecule has 25 heavy (non-hydrogen) atoms. The third-order valence-electron chi connectivity index (χ3n) is 4.08. The number of carbonyl (C=O) groups excluding carboxylic acids is 1. The van der Waals surface area contributed by atoms with E-state index in [1.807, 2.05) is 36.7 Å². The van der Waals surface area contributed by atoms with Crippen LogP contribution in [0.5, 0.6) is 0 Å². The minimum absolute atomic E-state index is 0.0191. The third kappa shape index (κ3) is 4.87. The molecule has 3 rings (SSSR count). The number of rotatable bonds is 6. The monoisotopic (exact) mass is 343 g/mol. The van der Waals surface area contributed by atoms with Crippen LogP contribution in [0.2, 0.25) is 0 Å². The standard InChI is InChI=1S/C18H25N5O2/c1-14(2)20-17(24)11-22-8-9-25-12-16(22)18-19-13-23(21-18)10-15-6-4-3-5-7-15/h3-7,13-14,16H,8-12H2,1-2H3,(H,20,24)/t16-/m1/s1. The van der Waals surface area contributed by atoms with Gasteiger partial charge in [-0.05, 0) is 19.4 Å². The number of morpholine rings is 1. The highest BCUT2D eigenvalue weighted by atomic mass is 16.5. The summed E-state index contributed by atoms with van der Waals surface area (Å²) in [6.07, 6.45) is 1.74. The van der Waals surface area contributed by atoms with E-state index in [0.29, 0.717) is 38.7 Å². The molecule has 0 radical (unpaired) electrons.